The fourth-order valence-corrected chi connectivity index (χ4v) is 1.67. The minimum absolute atomic E-state index is 0.0405. The molecule has 1 N–H and O–H groups in total. The molecule has 0 radical (unpaired) electrons. The molecule has 4 heteroatoms. The lowest BCUT2D eigenvalue weighted by molar-refractivity contribution is 0.0810. The number of hydrogen-bond acceptors (Lipinski definition) is 2. The molecule has 0 aromatic heterocycles. The molecule has 0 aliphatic heterocycles. The molecule has 16 heavy (non-hydrogen) atoms. The Labute approximate surface area is 94.6 Å². The first-order valence-electron chi connectivity index (χ1n) is 5.31. The lowest BCUT2D eigenvalue weighted by Gasteiger charge is -2.24. The van der Waals surface area contributed by atoms with E-state index in [1.165, 1.54) is 25.3 Å². The van der Waals surface area contributed by atoms with Crippen molar-refractivity contribution in [1.29, 1.82) is 0 Å². The van der Waals surface area contributed by atoms with Gasteiger partial charge in [-0.25, -0.2) is 8.78 Å². The van der Waals surface area contributed by atoms with E-state index in [1.54, 1.807) is 6.92 Å². The van der Waals surface area contributed by atoms with E-state index in [1.807, 2.05) is 6.92 Å². The Morgan fingerprint density at radius 3 is 2.31 bits per heavy atom. The number of halogens is 2. The average Bonchev–Trinajstić information content (AvgIpc) is 2.26. The highest BCUT2D eigenvalue weighted by atomic mass is 19.1. The highest BCUT2D eigenvalue weighted by molar-refractivity contribution is 5.24. The smallest absolute Gasteiger partial charge is 0.131 e. The summed E-state index contributed by atoms with van der Waals surface area (Å²) >= 11 is 0. The van der Waals surface area contributed by atoms with E-state index >= 15 is 0 Å². The van der Waals surface area contributed by atoms with E-state index in [4.69, 9.17) is 4.74 Å². The summed E-state index contributed by atoms with van der Waals surface area (Å²) in [7, 11) is 1.52. The minimum Gasteiger partial charge on any atom is -0.380 e. The van der Waals surface area contributed by atoms with Gasteiger partial charge in [0.2, 0.25) is 0 Å². The van der Waals surface area contributed by atoms with Crippen molar-refractivity contribution in [3.63, 3.8) is 0 Å². The van der Waals surface area contributed by atoms with Gasteiger partial charge in [-0.3, -0.25) is 0 Å². The van der Waals surface area contributed by atoms with Gasteiger partial charge >= 0.3 is 0 Å². The maximum absolute atomic E-state index is 13.6. The monoisotopic (exact) mass is 229 g/mol. The van der Waals surface area contributed by atoms with Gasteiger partial charge in [0.25, 0.3) is 0 Å². The van der Waals surface area contributed by atoms with E-state index in [0.29, 0.717) is 6.54 Å². The second-order valence-electron chi connectivity index (χ2n) is 3.61. The molecule has 0 aliphatic carbocycles. The molecule has 2 nitrogen and oxygen atoms in total. The number of benzene rings is 1. The third kappa shape index (κ3) is 2.77. The molecule has 0 aliphatic rings. The van der Waals surface area contributed by atoms with E-state index in [9.17, 15) is 8.78 Å². The molecule has 0 heterocycles. The summed E-state index contributed by atoms with van der Waals surface area (Å²) in [6.07, 6.45) is -0.300. The minimum atomic E-state index is -0.546. The van der Waals surface area contributed by atoms with Crippen LogP contribution in [-0.4, -0.2) is 19.8 Å². The lowest BCUT2D eigenvalue weighted by atomic mass is 10.0. The molecule has 0 spiro atoms. The molecule has 0 saturated heterocycles. The molecule has 1 aromatic carbocycles. The van der Waals surface area contributed by atoms with E-state index in [2.05, 4.69) is 5.32 Å². The zero-order chi connectivity index (χ0) is 12.1. The Balaban J connectivity index is 3.09. The van der Waals surface area contributed by atoms with Crippen LogP contribution in [0, 0.1) is 11.6 Å². The highest BCUT2D eigenvalue weighted by Crippen LogP contribution is 2.24. The molecule has 0 amide bonds. The van der Waals surface area contributed by atoms with Crippen LogP contribution >= 0.6 is 0 Å². The van der Waals surface area contributed by atoms with E-state index < -0.39 is 17.7 Å². The molecule has 90 valence electrons. The van der Waals surface area contributed by atoms with Gasteiger partial charge in [0.15, 0.2) is 0 Å². The summed E-state index contributed by atoms with van der Waals surface area (Å²) in [4.78, 5) is 0. The second-order valence-corrected chi connectivity index (χ2v) is 3.61. The van der Waals surface area contributed by atoms with Crippen molar-refractivity contribution in [3.8, 4) is 0 Å². The standard InChI is InChI=1S/C12H17F2NO/c1-4-15-12(8(2)16-3)11-9(13)6-5-7-10(11)14/h5-8,12,15H,4H2,1-3H3. The molecule has 1 rings (SSSR count). The van der Waals surface area contributed by atoms with Crippen LogP contribution in [0.1, 0.15) is 25.5 Å². The van der Waals surface area contributed by atoms with Crippen LogP contribution in [0.4, 0.5) is 8.78 Å². The van der Waals surface area contributed by atoms with Crippen molar-refractivity contribution < 1.29 is 13.5 Å². The van der Waals surface area contributed by atoms with Crippen LogP contribution < -0.4 is 5.32 Å². The highest BCUT2D eigenvalue weighted by Gasteiger charge is 2.24. The number of likely N-dealkylation sites (N-methyl/N-ethyl adjacent to an activating group) is 1. The van der Waals surface area contributed by atoms with Crippen LogP contribution in [0.3, 0.4) is 0 Å². The number of methoxy groups -OCH3 is 1. The number of hydrogen-bond donors (Lipinski definition) is 1. The molecule has 0 saturated carbocycles. The van der Waals surface area contributed by atoms with Gasteiger partial charge in [0.1, 0.15) is 11.6 Å². The second kappa shape index (κ2) is 5.92. The van der Waals surface area contributed by atoms with Gasteiger partial charge in [-0.2, -0.15) is 0 Å². The fourth-order valence-electron chi connectivity index (χ4n) is 1.67. The summed E-state index contributed by atoms with van der Waals surface area (Å²) in [6, 6.07) is 3.39. The zero-order valence-electron chi connectivity index (χ0n) is 9.76. The first kappa shape index (κ1) is 13.1. The quantitative estimate of drug-likeness (QED) is 0.838. The predicted molar refractivity (Wildman–Crippen MR) is 59.2 cm³/mol. The Bertz CT molecular complexity index is 324. The molecule has 0 bridgehead atoms. The third-order valence-corrected chi connectivity index (χ3v) is 2.58. The van der Waals surface area contributed by atoms with Crippen molar-refractivity contribution in [2.24, 2.45) is 0 Å². The van der Waals surface area contributed by atoms with Gasteiger partial charge in [-0.05, 0) is 25.6 Å². The van der Waals surface area contributed by atoms with Crippen LogP contribution in [0.25, 0.3) is 0 Å². The Morgan fingerprint density at radius 2 is 1.88 bits per heavy atom. The van der Waals surface area contributed by atoms with Crippen LogP contribution in [0.15, 0.2) is 18.2 Å². The van der Waals surface area contributed by atoms with Crippen LogP contribution in [-0.2, 0) is 4.74 Å². The van der Waals surface area contributed by atoms with Gasteiger partial charge in [0.05, 0.1) is 12.1 Å². The Hall–Kier alpha value is -1.00. The van der Waals surface area contributed by atoms with Gasteiger partial charge < -0.3 is 10.1 Å². The maximum Gasteiger partial charge on any atom is 0.131 e. The third-order valence-electron chi connectivity index (χ3n) is 2.58. The zero-order valence-corrected chi connectivity index (χ0v) is 9.76. The fraction of sp³-hybridized carbons (Fsp3) is 0.500. The van der Waals surface area contributed by atoms with Crippen molar-refractivity contribution in [2.45, 2.75) is 26.0 Å². The lowest BCUT2D eigenvalue weighted by Crippen LogP contribution is -2.32. The van der Waals surface area contributed by atoms with Crippen molar-refractivity contribution in [1.82, 2.24) is 5.32 Å². The van der Waals surface area contributed by atoms with E-state index in [-0.39, 0.29) is 11.7 Å². The molecule has 2 unspecified atom stereocenters. The topological polar surface area (TPSA) is 21.3 Å². The maximum atomic E-state index is 13.6. The Kier molecular flexibility index (Phi) is 4.83. The van der Waals surface area contributed by atoms with Gasteiger partial charge in [0, 0.05) is 12.7 Å². The summed E-state index contributed by atoms with van der Waals surface area (Å²) < 4.78 is 32.3. The van der Waals surface area contributed by atoms with Crippen LogP contribution in [0.2, 0.25) is 0 Å². The molecule has 2 atom stereocenters. The van der Waals surface area contributed by atoms with Crippen molar-refractivity contribution in [2.75, 3.05) is 13.7 Å². The van der Waals surface area contributed by atoms with Crippen molar-refractivity contribution in [3.05, 3.63) is 35.4 Å². The first-order valence-corrected chi connectivity index (χ1v) is 5.31. The van der Waals surface area contributed by atoms with E-state index in [0.717, 1.165) is 0 Å². The van der Waals surface area contributed by atoms with Gasteiger partial charge in [-0.15, -0.1) is 0 Å². The Morgan fingerprint density at radius 1 is 1.31 bits per heavy atom. The van der Waals surface area contributed by atoms with Crippen LogP contribution in [0.5, 0.6) is 0 Å². The number of nitrogens with one attached hydrogen (secondary N) is 1. The number of ether oxygens (including phenoxy) is 1. The average molecular weight is 229 g/mol. The summed E-state index contributed by atoms with van der Waals surface area (Å²) in [5, 5.41) is 3.03. The molecular formula is C12H17F2NO. The predicted octanol–water partition coefficient (Wildman–Crippen LogP) is 2.65. The largest absolute Gasteiger partial charge is 0.380 e. The summed E-state index contributed by atoms with van der Waals surface area (Å²) in [5.74, 6) is -1.09. The SMILES string of the molecule is CCNC(c1c(F)cccc1F)C(C)OC. The normalized spacial score (nSPS) is 14.8. The first-order chi connectivity index (χ1) is 7.61. The van der Waals surface area contributed by atoms with Gasteiger partial charge in [-0.1, -0.05) is 13.0 Å². The summed E-state index contributed by atoms with van der Waals surface area (Å²) in [6.45, 7) is 4.28. The summed E-state index contributed by atoms with van der Waals surface area (Å²) in [5.41, 5.74) is 0.0405. The molecule has 1 aromatic rings. The van der Waals surface area contributed by atoms with Crippen molar-refractivity contribution >= 4 is 0 Å². The molecule has 0 fully saturated rings. The number of rotatable bonds is 5. The molecular weight excluding hydrogens is 212 g/mol.